The van der Waals surface area contributed by atoms with Gasteiger partial charge in [-0.05, 0) is 12.1 Å². The third-order valence-corrected chi connectivity index (χ3v) is 3.31. The van der Waals surface area contributed by atoms with E-state index in [0.29, 0.717) is 17.8 Å². The Labute approximate surface area is 106 Å². The fourth-order valence-electron chi connectivity index (χ4n) is 1.86. The molecule has 1 aromatic carbocycles. The third kappa shape index (κ3) is 1.88. The molecule has 2 heterocycles. The molecule has 92 valence electrons. The molecule has 6 heteroatoms. The summed E-state index contributed by atoms with van der Waals surface area (Å²) >= 11 is 1.43. The average molecular weight is 266 g/mol. The van der Waals surface area contributed by atoms with E-state index in [2.05, 4.69) is 10.1 Å². The van der Waals surface area contributed by atoms with Gasteiger partial charge in [-0.25, -0.2) is 13.8 Å². The molecule has 18 heavy (non-hydrogen) atoms. The third-order valence-electron chi connectivity index (χ3n) is 2.72. The van der Waals surface area contributed by atoms with Gasteiger partial charge in [0.15, 0.2) is 6.10 Å². The Kier molecular flexibility index (Phi) is 2.79. The fraction of sp³-hybridized carbons (Fsp3) is 0.167. The highest BCUT2D eigenvalue weighted by molar-refractivity contribution is 7.07. The van der Waals surface area contributed by atoms with Crippen LogP contribution in [0.25, 0.3) is 0 Å². The highest BCUT2D eigenvalue weighted by atomic mass is 32.1. The summed E-state index contributed by atoms with van der Waals surface area (Å²) in [4.78, 5) is 9.20. The van der Waals surface area contributed by atoms with Gasteiger partial charge in [-0.2, -0.15) is 0 Å². The molecule has 0 N–H and O–H groups in total. The average Bonchev–Trinajstić information content (AvgIpc) is 2.99. The smallest absolute Gasteiger partial charge is 0.164 e. The minimum absolute atomic E-state index is 0.0773. The normalized spacial score (nSPS) is 18.6. The van der Waals surface area contributed by atoms with Crippen LogP contribution in [0.15, 0.2) is 34.2 Å². The van der Waals surface area contributed by atoms with Gasteiger partial charge in [-0.15, -0.1) is 11.3 Å². The standard InChI is InChI=1S/C12H8F2N2OS/c13-7-2-1-3-8(14)12(7)11-4-9(16-17-11)10-5-18-6-15-10/h1-3,5-6,11H,4H2/t11-/m1/s1. The van der Waals surface area contributed by atoms with Crippen LogP contribution in [-0.2, 0) is 4.84 Å². The maximum atomic E-state index is 13.6. The van der Waals surface area contributed by atoms with E-state index in [9.17, 15) is 8.78 Å². The molecule has 0 unspecified atom stereocenters. The number of aromatic nitrogens is 1. The Morgan fingerprint density at radius 2 is 2.06 bits per heavy atom. The van der Waals surface area contributed by atoms with E-state index in [1.807, 2.05) is 5.38 Å². The lowest BCUT2D eigenvalue weighted by Gasteiger charge is -2.10. The van der Waals surface area contributed by atoms with Gasteiger partial charge in [0.25, 0.3) is 0 Å². The molecule has 0 fully saturated rings. The van der Waals surface area contributed by atoms with Gasteiger partial charge in [-0.1, -0.05) is 11.2 Å². The van der Waals surface area contributed by atoms with Crippen LogP contribution in [0.3, 0.4) is 0 Å². The van der Waals surface area contributed by atoms with Gasteiger partial charge in [0.1, 0.15) is 17.3 Å². The Bertz CT molecular complexity index is 578. The van der Waals surface area contributed by atoms with Gasteiger partial charge in [-0.3, -0.25) is 0 Å². The summed E-state index contributed by atoms with van der Waals surface area (Å²) in [7, 11) is 0. The lowest BCUT2D eigenvalue weighted by Crippen LogP contribution is -2.06. The van der Waals surface area contributed by atoms with Crippen molar-refractivity contribution >= 4 is 17.0 Å². The number of nitrogens with zero attached hydrogens (tertiary/aromatic N) is 2. The maximum absolute atomic E-state index is 13.6. The lowest BCUT2D eigenvalue weighted by molar-refractivity contribution is 0.0800. The largest absolute Gasteiger partial charge is 0.387 e. The van der Waals surface area contributed by atoms with Crippen molar-refractivity contribution < 1.29 is 13.6 Å². The van der Waals surface area contributed by atoms with Gasteiger partial charge in [0.2, 0.25) is 0 Å². The Hall–Kier alpha value is -1.82. The zero-order valence-electron chi connectivity index (χ0n) is 9.14. The van der Waals surface area contributed by atoms with E-state index in [1.165, 1.54) is 29.5 Å². The monoisotopic (exact) mass is 266 g/mol. The quantitative estimate of drug-likeness (QED) is 0.836. The van der Waals surface area contributed by atoms with Crippen LogP contribution < -0.4 is 0 Å². The number of rotatable bonds is 2. The molecule has 0 amide bonds. The van der Waals surface area contributed by atoms with E-state index in [1.54, 1.807) is 5.51 Å². The Morgan fingerprint density at radius 1 is 1.28 bits per heavy atom. The molecule has 0 bridgehead atoms. The van der Waals surface area contributed by atoms with Gasteiger partial charge in [0, 0.05) is 11.8 Å². The highest BCUT2D eigenvalue weighted by Gasteiger charge is 2.29. The van der Waals surface area contributed by atoms with E-state index in [0.717, 1.165) is 0 Å². The molecular weight excluding hydrogens is 258 g/mol. The van der Waals surface area contributed by atoms with Gasteiger partial charge < -0.3 is 4.84 Å². The number of halogens is 2. The van der Waals surface area contributed by atoms with Crippen molar-refractivity contribution in [3.63, 3.8) is 0 Å². The van der Waals surface area contributed by atoms with Crippen LogP contribution in [0.1, 0.15) is 23.8 Å². The second-order valence-corrected chi connectivity index (χ2v) is 4.56. The number of hydrogen-bond acceptors (Lipinski definition) is 4. The first-order valence-corrected chi connectivity index (χ1v) is 6.25. The summed E-state index contributed by atoms with van der Waals surface area (Å²) in [5.74, 6) is -1.23. The van der Waals surface area contributed by atoms with Crippen molar-refractivity contribution in [2.45, 2.75) is 12.5 Å². The number of benzene rings is 1. The molecule has 2 aromatic rings. The summed E-state index contributed by atoms with van der Waals surface area (Å²) in [6, 6.07) is 3.75. The zero-order valence-corrected chi connectivity index (χ0v) is 9.95. The van der Waals surface area contributed by atoms with Crippen molar-refractivity contribution in [3.05, 3.63) is 52.0 Å². The first-order valence-electron chi connectivity index (χ1n) is 5.31. The topological polar surface area (TPSA) is 34.5 Å². The predicted molar refractivity (Wildman–Crippen MR) is 63.5 cm³/mol. The fourth-order valence-corrected chi connectivity index (χ4v) is 2.42. The number of hydrogen-bond donors (Lipinski definition) is 0. The first-order chi connectivity index (χ1) is 8.75. The molecule has 1 aromatic heterocycles. The van der Waals surface area contributed by atoms with Crippen molar-refractivity contribution in [1.82, 2.24) is 4.98 Å². The molecule has 3 rings (SSSR count). The van der Waals surface area contributed by atoms with Gasteiger partial charge in [0.05, 0.1) is 16.8 Å². The predicted octanol–water partition coefficient (Wildman–Crippen LogP) is 3.29. The minimum atomic E-state index is -0.720. The van der Waals surface area contributed by atoms with Crippen LogP contribution in [0.4, 0.5) is 8.78 Å². The van der Waals surface area contributed by atoms with E-state index < -0.39 is 17.7 Å². The molecule has 3 nitrogen and oxygen atoms in total. The maximum Gasteiger partial charge on any atom is 0.164 e. The molecule has 0 saturated carbocycles. The summed E-state index contributed by atoms with van der Waals surface area (Å²) in [5, 5.41) is 5.67. The molecule has 1 atom stereocenters. The number of oxime groups is 1. The van der Waals surface area contributed by atoms with Crippen molar-refractivity contribution in [2.24, 2.45) is 5.16 Å². The minimum Gasteiger partial charge on any atom is -0.387 e. The van der Waals surface area contributed by atoms with Crippen LogP contribution in [0.2, 0.25) is 0 Å². The second-order valence-electron chi connectivity index (χ2n) is 3.85. The molecule has 0 radical (unpaired) electrons. The molecule has 0 saturated heterocycles. The molecule has 0 spiro atoms. The van der Waals surface area contributed by atoms with Crippen LogP contribution in [-0.4, -0.2) is 10.7 Å². The summed E-state index contributed by atoms with van der Waals surface area (Å²) < 4.78 is 27.2. The Balaban J connectivity index is 1.86. The summed E-state index contributed by atoms with van der Waals surface area (Å²) in [5.41, 5.74) is 2.91. The first kappa shape index (κ1) is 11.3. The van der Waals surface area contributed by atoms with E-state index in [-0.39, 0.29) is 5.56 Å². The van der Waals surface area contributed by atoms with Crippen LogP contribution >= 0.6 is 11.3 Å². The lowest BCUT2D eigenvalue weighted by atomic mass is 10.0. The highest BCUT2D eigenvalue weighted by Crippen LogP contribution is 2.32. The summed E-state index contributed by atoms with van der Waals surface area (Å²) in [6.45, 7) is 0. The Morgan fingerprint density at radius 3 is 2.72 bits per heavy atom. The molecular formula is C12H8F2N2OS. The summed E-state index contributed by atoms with van der Waals surface area (Å²) in [6.07, 6.45) is -0.399. The van der Waals surface area contributed by atoms with Crippen molar-refractivity contribution in [3.8, 4) is 0 Å². The van der Waals surface area contributed by atoms with E-state index >= 15 is 0 Å². The van der Waals surface area contributed by atoms with Crippen LogP contribution in [0.5, 0.6) is 0 Å². The molecule has 1 aliphatic heterocycles. The van der Waals surface area contributed by atoms with Crippen molar-refractivity contribution in [2.75, 3.05) is 0 Å². The zero-order chi connectivity index (χ0) is 12.5. The molecule has 1 aliphatic rings. The van der Waals surface area contributed by atoms with Crippen LogP contribution in [0, 0.1) is 11.6 Å². The SMILES string of the molecule is Fc1cccc(F)c1[C@H]1CC(c2cscn2)=NO1. The number of thiazole rings is 1. The molecule has 0 aliphatic carbocycles. The second kappa shape index (κ2) is 4.45. The van der Waals surface area contributed by atoms with Gasteiger partial charge >= 0.3 is 0 Å². The van der Waals surface area contributed by atoms with E-state index in [4.69, 9.17) is 4.84 Å². The van der Waals surface area contributed by atoms with Crippen molar-refractivity contribution in [1.29, 1.82) is 0 Å².